The molecule has 164 valence electrons. The molecule has 5 aromatic heterocycles. The zero-order valence-electron chi connectivity index (χ0n) is 18.0. The first-order valence-electron chi connectivity index (χ1n) is 10.8. The highest BCUT2D eigenvalue weighted by Gasteiger charge is 2.38. The van der Waals surface area contributed by atoms with Crippen LogP contribution in [0.3, 0.4) is 0 Å². The average molecular weight is 464 g/mol. The Kier molecular flexibility index (Phi) is 4.12. The van der Waals surface area contributed by atoms with Gasteiger partial charge in [0.15, 0.2) is 11.5 Å². The lowest BCUT2D eigenvalue weighted by Crippen LogP contribution is -2.16. The number of para-hydroxylation sites is 1. The third kappa shape index (κ3) is 2.80. The second kappa shape index (κ2) is 7.32. The number of ether oxygens (including phenoxy) is 1. The number of fused-ring (bicyclic) bond motifs is 4. The first kappa shape index (κ1) is 19.1. The van der Waals surface area contributed by atoms with E-state index in [1.807, 2.05) is 71.7 Å². The molecule has 1 atom stereocenters. The Bertz CT molecular complexity index is 1640. The van der Waals surface area contributed by atoms with Gasteiger partial charge in [0.25, 0.3) is 0 Å². The summed E-state index contributed by atoms with van der Waals surface area (Å²) in [5, 5.41) is 11.6. The van der Waals surface area contributed by atoms with Crippen LogP contribution in [0.1, 0.15) is 28.3 Å². The molecule has 0 fully saturated rings. The molecular formula is C25H17N7OS. The van der Waals surface area contributed by atoms with E-state index in [1.54, 1.807) is 28.4 Å². The van der Waals surface area contributed by atoms with Gasteiger partial charge in [0.2, 0.25) is 11.8 Å². The molecule has 0 saturated carbocycles. The van der Waals surface area contributed by atoms with E-state index >= 15 is 0 Å². The molecule has 0 radical (unpaired) electrons. The van der Waals surface area contributed by atoms with Gasteiger partial charge in [-0.25, -0.2) is 19.2 Å². The molecule has 0 amide bonds. The van der Waals surface area contributed by atoms with Crippen molar-refractivity contribution in [2.45, 2.75) is 12.8 Å². The lowest BCUT2D eigenvalue weighted by atomic mass is 9.85. The molecule has 0 bridgehead atoms. The van der Waals surface area contributed by atoms with Crippen LogP contribution in [0, 0.1) is 6.92 Å². The van der Waals surface area contributed by atoms with Crippen molar-refractivity contribution < 1.29 is 4.74 Å². The Morgan fingerprint density at radius 2 is 1.88 bits per heavy atom. The van der Waals surface area contributed by atoms with E-state index in [1.165, 1.54) is 0 Å². The van der Waals surface area contributed by atoms with Crippen molar-refractivity contribution in [2.75, 3.05) is 0 Å². The maximum absolute atomic E-state index is 6.43. The average Bonchev–Trinajstić information content (AvgIpc) is 3.63. The van der Waals surface area contributed by atoms with Crippen molar-refractivity contribution in [3.63, 3.8) is 0 Å². The molecule has 1 aliphatic heterocycles. The van der Waals surface area contributed by atoms with Crippen molar-refractivity contribution in [1.82, 2.24) is 34.3 Å². The number of rotatable bonds is 3. The second-order valence-electron chi connectivity index (χ2n) is 8.02. The molecule has 0 spiro atoms. The summed E-state index contributed by atoms with van der Waals surface area (Å²) in [4.78, 5) is 14.9. The normalized spacial score (nSPS) is 14.6. The van der Waals surface area contributed by atoms with Crippen LogP contribution in [-0.4, -0.2) is 34.3 Å². The lowest BCUT2D eigenvalue weighted by molar-refractivity contribution is 0.402. The van der Waals surface area contributed by atoms with E-state index in [9.17, 15) is 0 Å². The summed E-state index contributed by atoms with van der Waals surface area (Å²) in [6, 6.07) is 18.0. The standard InChI is InChI=1S/C25H17N7OS/c1-15-19-20(16-7-5-11-26-13-16)21-23-28-22(18-10-6-12-34-18)30-31(23)14-27-24(21)33-25(19)32(29-15)17-8-3-2-4-9-17/h2-14,20H,1H3/t20-/m0/s1. The van der Waals surface area contributed by atoms with Gasteiger partial charge in [-0.3, -0.25) is 4.98 Å². The highest BCUT2D eigenvalue weighted by Crippen LogP contribution is 2.49. The van der Waals surface area contributed by atoms with Gasteiger partial charge in [0.1, 0.15) is 6.33 Å². The summed E-state index contributed by atoms with van der Waals surface area (Å²) in [6.07, 6.45) is 5.30. The zero-order valence-corrected chi connectivity index (χ0v) is 18.8. The third-order valence-corrected chi connectivity index (χ3v) is 6.85. The third-order valence-electron chi connectivity index (χ3n) is 5.98. The summed E-state index contributed by atoms with van der Waals surface area (Å²) in [5.74, 6) is 1.61. The Morgan fingerprint density at radius 1 is 0.971 bits per heavy atom. The van der Waals surface area contributed by atoms with Gasteiger partial charge in [-0.15, -0.1) is 16.4 Å². The quantitative estimate of drug-likeness (QED) is 0.366. The molecule has 1 aliphatic rings. The Balaban J connectivity index is 1.51. The van der Waals surface area contributed by atoms with Gasteiger partial charge >= 0.3 is 0 Å². The van der Waals surface area contributed by atoms with Crippen molar-refractivity contribution >= 4 is 17.0 Å². The zero-order chi connectivity index (χ0) is 22.6. The molecule has 34 heavy (non-hydrogen) atoms. The predicted octanol–water partition coefficient (Wildman–Crippen LogP) is 5.03. The largest absolute Gasteiger partial charge is 0.420 e. The van der Waals surface area contributed by atoms with Crippen LogP contribution in [0.2, 0.25) is 0 Å². The van der Waals surface area contributed by atoms with Crippen LogP contribution in [0.15, 0.2) is 78.7 Å². The minimum atomic E-state index is -0.207. The van der Waals surface area contributed by atoms with Crippen LogP contribution in [0.25, 0.3) is 22.0 Å². The predicted molar refractivity (Wildman–Crippen MR) is 128 cm³/mol. The van der Waals surface area contributed by atoms with Crippen molar-refractivity contribution in [1.29, 1.82) is 0 Å². The molecule has 9 heteroatoms. The number of hydrogen-bond donors (Lipinski definition) is 0. The maximum atomic E-state index is 6.43. The fourth-order valence-electron chi connectivity index (χ4n) is 4.51. The number of thiophene rings is 1. The van der Waals surface area contributed by atoms with E-state index in [-0.39, 0.29) is 5.92 Å². The molecular weight excluding hydrogens is 446 g/mol. The summed E-state index contributed by atoms with van der Waals surface area (Å²) in [7, 11) is 0. The fourth-order valence-corrected chi connectivity index (χ4v) is 5.17. The van der Waals surface area contributed by atoms with Crippen LogP contribution >= 0.6 is 11.3 Å². The van der Waals surface area contributed by atoms with Crippen LogP contribution in [0.5, 0.6) is 11.8 Å². The number of hydrogen-bond acceptors (Lipinski definition) is 7. The first-order chi connectivity index (χ1) is 16.8. The van der Waals surface area contributed by atoms with Crippen LogP contribution in [0.4, 0.5) is 0 Å². The van der Waals surface area contributed by atoms with E-state index in [2.05, 4.69) is 21.1 Å². The van der Waals surface area contributed by atoms with Crippen LogP contribution < -0.4 is 4.74 Å². The number of aromatic nitrogens is 7. The van der Waals surface area contributed by atoms with Gasteiger partial charge in [-0.2, -0.15) is 5.10 Å². The summed E-state index contributed by atoms with van der Waals surface area (Å²) < 4.78 is 10.00. The van der Waals surface area contributed by atoms with Crippen LogP contribution in [-0.2, 0) is 0 Å². The lowest BCUT2D eigenvalue weighted by Gasteiger charge is -2.26. The molecule has 0 saturated heterocycles. The molecule has 0 N–H and O–H groups in total. The Hall–Kier alpha value is -4.37. The monoisotopic (exact) mass is 463 g/mol. The molecule has 7 rings (SSSR count). The summed E-state index contributed by atoms with van der Waals surface area (Å²) in [6.45, 7) is 2.00. The molecule has 1 aromatic carbocycles. The van der Waals surface area contributed by atoms with E-state index in [4.69, 9.17) is 14.8 Å². The van der Waals surface area contributed by atoms with Crippen molar-refractivity contribution in [3.05, 3.63) is 101 Å². The van der Waals surface area contributed by atoms with E-state index in [0.717, 1.165) is 32.9 Å². The number of benzene rings is 1. The Labute approximate surface area is 198 Å². The van der Waals surface area contributed by atoms with Gasteiger partial charge < -0.3 is 4.74 Å². The number of nitrogens with zero attached hydrogens (tertiary/aromatic N) is 7. The minimum Gasteiger partial charge on any atom is -0.420 e. The van der Waals surface area contributed by atoms with Gasteiger partial charge in [-0.1, -0.05) is 30.3 Å². The molecule has 0 aliphatic carbocycles. The second-order valence-corrected chi connectivity index (χ2v) is 8.97. The molecule has 8 nitrogen and oxygen atoms in total. The van der Waals surface area contributed by atoms with Gasteiger partial charge in [0.05, 0.1) is 33.3 Å². The van der Waals surface area contributed by atoms with Gasteiger partial charge in [-0.05, 0) is 42.1 Å². The van der Waals surface area contributed by atoms with E-state index < -0.39 is 0 Å². The highest BCUT2D eigenvalue weighted by molar-refractivity contribution is 7.13. The molecule has 6 aromatic rings. The summed E-state index contributed by atoms with van der Waals surface area (Å²) in [5.41, 5.74) is 5.34. The minimum absolute atomic E-state index is 0.207. The number of pyridine rings is 1. The Morgan fingerprint density at radius 3 is 2.68 bits per heavy atom. The molecule has 0 unspecified atom stereocenters. The van der Waals surface area contributed by atoms with E-state index in [0.29, 0.717) is 23.2 Å². The molecule has 6 heterocycles. The fraction of sp³-hybridized carbons (Fsp3) is 0.0800. The van der Waals surface area contributed by atoms with Gasteiger partial charge in [0, 0.05) is 12.4 Å². The smallest absolute Gasteiger partial charge is 0.230 e. The number of aryl methyl sites for hydroxylation is 1. The SMILES string of the molecule is Cc1nn(-c2ccccc2)c2c1[C@H](c1cccnc1)c1c(ncn3nc(-c4cccs4)nc13)O2. The van der Waals surface area contributed by atoms with Crippen molar-refractivity contribution in [2.24, 2.45) is 0 Å². The van der Waals surface area contributed by atoms with Crippen molar-refractivity contribution in [3.8, 4) is 28.1 Å². The topological polar surface area (TPSA) is 83.0 Å². The summed E-state index contributed by atoms with van der Waals surface area (Å²) >= 11 is 1.60. The first-order valence-corrected chi connectivity index (χ1v) is 11.7. The maximum Gasteiger partial charge on any atom is 0.230 e. The highest BCUT2D eigenvalue weighted by atomic mass is 32.1.